The van der Waals surface area contributed by atoms with E-state index < -0.39 is 11.6 Å². The first kappa shape index (κ1) is 20.3. The molecule has 3 aromatic carbocycles. The van der Waals surface area contributed by atoms with E-state index in [1.165, 1.54) is 49.2 Å². The van der Waals surface area contributed by atoms with Crippen molar-refractivity contribution in [2.24, 2.45) is 5.92 Å². The first-order valence-corrected chi connectivity index (χ1v) is 11.2. The smallest absolute Gasteiger partial charge is 0.133 e. The molecule has 3 fully saturated rings. The van der Waals surface area contributed by atoms with Crippen LogP contribution in [0.4, 0.5) is 8.78 Å². The van der Waals surface area contributed by atoms with Gasteiger partial charge in [-0.25, -0.2) is 8.78 Å². The molecule has 1 N–H and O–H groups in total. The van der Waals surface area contributed by atoms with Gasteiger partial charge in [-0.1, -0.05) is 54.6 Å². The minimum absolute atomic E-state index is 0.441. The number of nitrogens with one attached hydrogen (secondary N) is 1. The summed E-state index contributed by atoms with van der Waals surface area (Å²) >= 11 is 0. The quantitative estimate of drug-likeness (QED) is 0.574. The summed E-state index contributed by atoms with van der Waals surface area (Å²) in [5, 5.41) is 3.86. The van der Waals surface area contributed by atoms with Crippen LogP contribution in [0.1, 0.15) is 24.0 Å². The van der Waals surface area contributed by atoms with Gasteiger partial charge in [0.15, 0.2) is 0 Å². The molecule has 3 aliphatic rings. The largest absolute Gasteiger partial charge is 0.308 e. The van der Waals surface area contributed by atoms with Crippen molar-refractivity contribution >= 4 is 0 Å². The second-order valence-electron chi connectivity index (χ2n) is 8.86. The zero-order chi connectivity index (χ0) is 21.2. The molecule has 4 heteroatoms. The maximum absolute atomic E-state index is 14.1. The number of nitrogens with zero attached hydrogens (tertiary/aromatic N) is 1. The Morgan fingerprint density at radius 2 is 1.58 bits per heavy atom. The molecule has 3 heterocycles. The van der Waals surface area contributed by atoms with E-state index >= 15 is 0 Å². The van der Waals surface area contributed by atoms with Crippen LogP contribution in [0.2, 0.25) is 0 Å². The molecule has 2 unspecified atom stereocenters. The third kappa shape index (κ3) is 4.41. The fourth-order valence-corrected chi connectivity index (χ4v) is 5.33. The monoisotopic (exact) mass is 418 g/mol. The Morgan fingerprint density at radius 1 is 0.839 bits per heavy atom. The molecule has 6 rings (SSSR count). The average molecular weight is 419 g/mol. The predicted molar refractivity (Wildman–Crippen MR) is 121 cm³/mol. The lowest BCUT2D eigenvalue weighted by molar-refractivity contribution is 0.0127. The molecule has 0 aromatic heterocycles. The molecule has 31 heavy (non-hydrogen) atoms. The van der Waals surface area contributed by atoms with Gasteiger partial charge in [0.05, 0.1) is 0 Å². The minimum atomic E-state index is -0.548. The Kier molecular flexibility index (Phi) is 5.84. The normalized spacial score (nSPS) is 25.0. The summed E-state index contributed by atoms with van der Waals surface area (Å²) in [4.78, 5) is 2.64. The summed E-state index contributed by atoms with van der Waals surface area (Å²) in [5.74, 6) is -0.340. The molecule has 3 saturated heterocycles. The average Bonchev–Trinajstić information content (AvgIpc) is 2.80. The molecule has 0 saturated carbocycles. The van der Waals surface area contributed by atoms with Crippen molar-refractivity contribution in [3.63, 3.8) is 0 Å². The lowest BCUT2D eigenvalue weighted by atomic mass is 9.76. The molecular weight excluding hydrogens is 390 g/mol. The topological polar surface area (TPSA) is 15.3 Å². The first-order chi connectivity index (χ1) is 15.2. The van der Waals surface area contributed by atoms with Crippen LogP contribution in [-0.4, -0.2) is 30.1 Å². The van der Waals surface area contributed by atoms with Gasteiger partial charge in [-0.15, -0.1) is 0 Å². The van der Waals surface area contributed by atoms with Crippen LogP contribution in [0.15, 0.2) is 72.8 Å². The van der Waals surface area contributed by atoms with Crippen LogP contribution in [-0.2, 0) is 13.0 Å². The van der Waals surface area contributed by atoms with E-state index in [1.807, 2.05) is 12.1 Å². The zero-order valence-corrected chi connectivity index (χ0v) is 17.6. The second-order valence-corrected chi connectivity index (χ2v) is 8.86. The molecule has 3 aliphatic heterocycles. The van der Waals surface area contributed by atoms with E-state index in [0.29, 0.717) is 17.6 Å². The van der Waals surface area contributed by atoms with Gasteiger partial charge in [-0.3, -0.25) is 4.90 Å². The maximum Gasteiger partial charge on any atom is 0.133 e. The van der Waals surface area contributed by atoms with E-state index in [-0.39, 0.29) is 0 Å². The van der Waals surface area contributed by atoms with Gasteiger partial charge in [-0.2, -0.15) is 0 Å². The number of halogens is 2. The number of piperidine rings is 3. The van der Waals surface area contributed by atoms with Gasteiger partial charge in [0, 0.05) is 30.3 Å². The van der Waals surface area contributed by atoms with E-state index in [9.17, 15) is 8.78 Å². The number of rotatable bonds is 6. The molecule has 0 amide bonds. The summed E-state index contributed by atoms with van der Waals surface area (Å²) in [6, 6.07) is 23.4. The van der Waals surface area contributed by atoms with Crippen molar-refractivity contribution in [2.45, 2.75) is 37.9 Å². The van der Waals surface area contributed by atoms with E-state index in [2.05, 4.69) is 52.7 Å². The zero-order valence-electron chi connectivity index (χ0n) is 17.6. The Labute approximate surface area is 182 Å². The highest BCUT2D eigenvalue weighted by molar-refractivity contribution is 5.64. The Bertz CT molecular complexity index is 1010. The summed E-state index contributed by atoms with van der Waals surface area (Å²) in [7, 11) is 0. The van der Waals surface area contributed by atoms with Crippen LogP contribution in [0.3, 0.4) is 0 Å². The van der Waals surface area contributed by atoms with Crippen molar-refractivity contribution in [3.05, 3.63) is 95.6 Å². The van der Waals surface area contributed by atoms with Crippen molar-refractivity contribution < 1.29 is 8.78 Å². The molecule has 0 radical (unpaired) electrons. The highest BCUT2D eigenvalue weighted by Gasteiger charge is 2.41. The standard InChI is InChI=1S/C27H28F2N2/c28-23-10-11-24(25(29)17-23)21-8-6-19(7-9-21)16-26-27(22-12-14-31(26)15-13-22)30-18-20-4-2-1-3-5-20/h1-11,17,22,26-27,30H,12-16,18H2. The molecule has 0 aliphatic carbocycles. The highest BCUT2D eigenvalue weighted by atomic mass is 19.1. The fraction of sp³-hybridized carbons (Fsp3) is 0.333. The highest BCUT2D eigenvalue weighted by Crippen LogP contribution is 2.34. The number of benzene rings is 3. The third-order valence-electron chi connectivity index (χ3n) is 6.99. The van der Waals surface area contributed by atoms with Gasteiger partial charge in [-0.05, 0) is 67.1 Å². The SMILES string of the molecule is Fc1ccc(-c2ccc(CC3C(NCc4ccccc4)C4CCN3CC4)cc2)c(F)c1. The summed E-state index contributed by atoms with van der Waals surface area (Å²) in [5.41, 5.74) is 3.81. The van der Waals surface area contributed by atoms with Crippen LogP contribution < -0.4 is 5.32 Å². The van der Waals surface area contributed by atoms with Gasteiger partial charge in [0.25, 0.3) is 0 Å². The molecule has 2 nitrogen and oxygen atoms in total. The van der Waals surface area contributed by atoms with E-state index in [4.69, 9.17) is 0 Å². The Hall–Kier alpha value is -2.56. The fourth-order valence-electron chi connectivity index (χ4n) is 5.33. The number of hydrogen-bond acceptors (Lipinski definition) is 2. The van der Waals surface area contributed by atoms with Gasteiger partial charge < -0.3 is 5.32 Å². The van der Waals surface area contributed by atoms with E-state index in [0.717, 1.165) is 30.5 Å². The van der Waals surface area contributed by atoms with Crippen LogP contribution in [0, 0.1) is 17.6 Å². The van der Waals surface area contributed by atoms with Crippen molar-refractivity contribution in [1.29, 1.82) is 0 Å². The Morgan fingerprint density at radius 3 is 2.29 bits per heavy atom. The summed E-state index contributed by atoms with van der Waals surface area (Å²) < 4.78 is 27.4. The molecule has 3 aromatic rings. The lowest BCUT2D eigenvalue weighted by Crippen LogP contribution is -2.63. The van der Waals surface area contributed by atoms with Gasteiger partial charge in [0.1, 0.15) is 11.6 Å². The number of fused-ring (bicyclic) bond motifs is 3. The lowest BCUT2D eigenvalue weighted by Gasteiger charge is -2.51. The van der Waals surface area contributed by atoms with Crippen molar-refractivity contribution in [3.8, 4) is 11.1 Å². The first-order valence-electron chi connectivity index (χ1n) is 11.2. The maximum atomic E-state index is 14.1. The van der Waals surface area contributed by atoms with E-state index in [1.54, 1.807) is 0 Å². The molecule has 2 atom stereocenters. The molecule has 0 spiro atoms. The molecular formula is C27H28F2N2. The second kappa shape index (κ2) is 8.89. The third-order valence-corrected chi connectivity index (χ3v) is 6.99. The van der Waals surface area contributed by atoms with Crippen molar-refractivity contribution in [2.75, 3.05) is 13.1 Å². The molecule has 160 valence electrons. The summed E-state index contributed by atoms with van der Waals surface area (Å²) in [6.45, 7) is 3.25. The van der Waals surface area contributed by atoms with Crippen LogP contribution in [0.5, 0.6) is 0 Å². The summed E-state index contributed by atoms with van der Waals surface area (Å²) in [6.07, 6.45) is 3.52. The predicted octanol–water partition coefficient (Wildman–Crippen LogP) is 5.43. The Balaban J connectivity index is 1.31. The molecule has 2 bridgehead atoms. The van der Waals surface area contributed by atoms with Crippen LogP contribution in [0.25, 0.3) is 11.1 Å². The van der Waals surface area contributed by atoms with Crippen LogP contribution >= 0.6 is 0 Å². The number of hydrogen-bond donors (Lipinski definition) is 1. The van der Waals surface area contributed by atoms with Crippen molar-refractivity contribution in [1.82, 2.24) is 10.2 Å². The van der Waals surface area contributed by atoms with Gasteiger partial charge in [0.2, 0.25) is 0 Å². The van der Waals surface area contributed by atoms with Gasteiger partial charge >= 0.3 is 0 Å². The minimum Gasteiger partial charge on any atom is -0.308 e.